The van der Waals surface area contributed by atoms with Crippen LogP contribution in [0.4, 0.5) is 8.78 Å². The maximum atomic E-state index is 13.7. The first-order valence-corrected chi connectivity index (χ1v) is 7.84. The third-order valence-electron chi connectivity index (χ3n) is 4.10. The predicted octanol–water partition coefficient (Wildman–Crippen LogP) is 3.39. The third-order valence-corrected chi connectivity index (χ3v) is 4.10. The maximum Gasteiger partial charge on any atom is 0.251 e. The highest BCUT2D eigenvalue weighted by atomic mass is 19.1. The second-order valence-electron chi connectivity index (χ2n) is 5.83. The Hall–Kier alpha value is -3.48. The molecule has 0 fully saturated rings. The number of fused-ring (bicyclic) bond motifs is 2. The average molecular weight is 350 g/mol. The number of carbonyl (C=O) groups excluding carboxylic acids is 1. The van der Waals surface area contributed by atoms with Gasteiger partial charge >= 0.3 is 0 Å². The SMILES string of the molecule is O=C(NCc1ccc(F)cc1F)c1ccc2cc3cnnnc3cc2c1. The van der Waals surface area contributed by atoms with Gasteiger partial charge in [0.05, 0.1) is 11.7 Å². The summed E-state index contributed by atoms with van der Waals surface area (Å²) >= 11 is 0. The minimum Gasteiger partial charge on any atom is -0.348 e. The van der Waals surface area contributed by atoms with Crippen molar-refractivity contribution in [2.24, 2.45) is 0 Å². The Balaban J connectivity index is 1.59. The van der Waals surface area contributed by atoms with Crippen LogP contribution in [0.2, 0.25) is 0 Å². The van der Waals surface area contributed by atoms with Crippen LogP contribution in [0.3, 0.4) is 0 Å². The standard InChI is InChI=1S/C19H12F2N4O/c20-16-4-3-13(17(21)8-16)9-22-19(26)12-2-1-11-5-15-10-23-25-24-18(15)7-14(11)6-12/h1-8,10H,9H2,(H,22,26). The molecule has 4 aromatic rings. The van der Waals surface area contributed by atoms with Gasteiger partial charge in [0.15, 0.2) is 0 Å². The lowest BCUT2D eigenvalue weighted by molar-refractivity contribution is 0.0950. The Bertz CT molecular complexity index is 1150. The van der Waals surface area contributed by atoms with Crippen molar-refractivity contribution in [3.63, 3.8) is 0 Å². The van der Waals surface area contributed by atoms with Crippen LogP contribution in [-0.4, -0.2) is 21.3 Å². The molecule has 3 aromatic carbocycles. The van der Waals surface area contributed by atoms with E-state index in [1.165, 1.54) is 6.07 Å². The van der Waals surface area contributed by atoms with Gasteiger partial charge in [-0.15, -0.1) is 10.2 Å². The Labute approximate surface area is 146 Å². The summed E-state index contributed by atoms with van der Waals surface area (Å²) in [6, 6.07) is 12.2. The van der Waals surface area contributed by atoms with Gasteiger partial charge in [-0.2, -0.15) is 0 Å². The van der Waals surface area contributed by atoms with Crippen LogP contribution in [0.15, 0.2) is 54.7 Å². The number of rotatable bonds is 3. The lowest BCUT2D eigenvalue weighted by Crippen LogP contribution is -2.23. The molecule has 7 heteroatoms. The maximum absolute atomic E-state index is 13.7. The monoisotopic (exact) mass is 350 g/mol. The largest absolute Gasteiger partial charge is 0.348 e. The molecule has 0 aliphatic heterocycles. The van der Waals surface area contributed by atoms with Crippen LogP contribution in [0, 0.1) is 11.6 Å². The molecule has 128 valence electrons. The summed E-state index contributed by atoms with van der Waals surface area (Å²) in [6.07, 6.45) is 1.62. The van der Waals surface area contributed by atoms with E-state index >= 15 is 0 Å². The van der Waals surface area contributed by atoms with Crippen molar-refractivity contribution in [1.29, 1.82) is 0 Å². The molecule has 0 saturated heterocycles. The van der Waals surface area contributed by atoms with Crippen molar-refractivity contribution in [3.05, 3.63) is 77.5 Å². The van der Waals surface area contributed by atoms with Crippen LogP contribution in [0.25, 0.3) is 21.7 Å². The number of nitrogens with zero attached hydrogens (tertiary/aromatic N) is 3. The number of nitrogens with one attached hydrogen (secondary N) is 1. The second-order valence-corrected chi connectivity index (χ2v) is 5.83. The van der Waals surface area contributed by atoms with Gasteiger partial charge in [-0.3, -0.25) is 4.79 Å². The first-order valence-electron chi connectivity index (χ1n) is 7.84. The van der Waals surface area contributed by atoms with Gasteiger partial charge in [0.25, 0.3) is 5.91 Å². The molecule has 5 nitrogen and oxygen atoms in total. The summed E-state index contributed by atoms with van der Waals surface area (Å²) in [4.78, 5) is 12.4. The van der Waals surface area contributed by atoms with Crippen LogP contribution >= 0.6 is 0 Å². The van der Waals surface area contributed by atoms with Crippen molar-refractivity contribution >= 4 is 27.6 Å². The van der Waals surface area contributed by atoms with E-state index in [2.05, 4.69) is 20.7 Å². The summed E-state index contributed by atoms with van der Waals surface area (Å²) in [7, 11) is 0. The molecule has 0 unspecified atom stereocenters. The number of halogens is 2. The zero-order valence-electron chi connectivity index (χ0n) is 13.4. The molecular formula is C19H12F2N4O. The number of amides is 1. The molecule has 0 saturated carbocycles. The van der Waals surface area contributed by atoms with Crippen molar-refractivity contribution in [3.8, 4) is 0 Å². The fraction of sp³-hybridized carbons (Fsp3) is 0.0526. The topological polar surface area (TPSA) is 67.8 Å². The molecular weight excluding hydrogens is 338 g/mol. The Morgan fingerprint density at radius 2 is 1.85 bits per heavy atom. The number of aromatic nitrogens is 3. The molecule has 4 rings (SSSR count). The first kappa shape index (κ1) is 16.0. The highest BCUT2D eigenvalue weighted by Gasteiger charge is 2.10. The van der Waals surface area contributed by atoms with E-state index in [-0.39, 0.29) is 18.0 Å². The van der Waals surface area contributed by atoms with E-state index in [9.17, 15) is 13.6 Å². The zero-order valence-corrected chi connectivity index (χ0v) is 13.4. The van der Waals surface area contributed by atoms with E-state index in [1.807, 2.05) is 18.2 Å². The first-order chi connectivity index (χ1) is 12.6. The fourth-order valence-corrected chi connectivity index (χ4v) is 2.74. The lowest BCUT2D eigenvalue weighted by Gasteiger charge is -2.08. The molecule has 0 aliphatic carbocycles. The zero-order chi connectivity index (χ0) is 18.1. The second kappa shape index (κ2) is 6.44. The van der Waals surface area contributed by atoms with Gasteiger partial charge in [-0.05, 0) is 46.3 Å². The quantitative estimate of drug-likeness (QED) is 0.575. The minimum atomic E-state index is -0.692. The van der Waals surface area contributed by atoms with E-state index in [1.54, 1.807) is 18.3 Å². The summed E-state index contributed by atoms with van der Waals surface area (Å²) in [5.74, 6) is -1.70. The summed E-state index contributed by atoms with van der Waals surface area (Å²) in [5, 5.41) is 16.6. The fourth-order valence-electron chi connectivity index (χ4n) is 2.74. The van der Waals surface area contributed by atoms with Crippen molar-refractivity contribution in [2.45, 2.75) is 6.54 Å². The lowest BCUT2D eigenvalue weighted by atomic mass is 10.0. The van der Waals surface area contributed by atoms with Crippen molar-refractivity contribution < 1.29 is 13.6 Å². The van der Waals surface area contributed by atoms with Crippen molar-refractivity contribution in [1.82, 2.24) is 20.7 Å². The third kappa shape index (κ3) is 3.06. The molecule has 0 spiro atoms. The Morgan fingerprint density at radius 1 is 0.962 bits per heavy atom. The number of carbonyl (C=O) groups is 1. The van der Waals surface area contributed by atoms with Gasteiger partial charge < -0.3 is 5.32 Å². The van der Waals surface area contributed by atoms with Gasteiger partial charge in [-0.1, -0.05) is 12.1 Å². The molecule has 0 bridgehead atoms. The van der Waals surface area contributed by atoms with E-state index in [0.717, 1.165) is 28.3 Å². The summed E-state index contributed by atoms with van der Waals surface area (Å²) in [6.45, 7) is -0.0299. The van der Waals surface area contributed by atoms with E-state index < -0.39 is 11.6 Å². The number of benzene rings is 3. The van der Waals surface area contributed by atoms with E-state index in [4.69, 9.17) is 0 Å². The highest BCUT2D eigenvalue weighted by molar-refractivity contribution is 6.02. The Morgan fingerprint density at radius 3 is 2.69 bits per heavy atom. The van der Waals surface area contributed by atoms with Crippen LogP contribution in [0.1, 0.15) is 15.9 Å². The molecule has 0 radical (unpaired) electrons. The smallest absolute Gasteiger partial charge is 0.251 e. The number of hydrogen-bond donors (Lipinski definition) is 1. The summed E-state index contributed by atoms with van der Waals surface area (Å²) < 4.78 is 26.6. The van der Waals surface area contributed by atoms with Crippen LogP contribution in [0.5, 0.6) is 0 Å². The molecule has 0 aliphatic rings. The molecule has 26 heavy (non-hydrogen) atoms. The van der Waals surface area contributed by atoms with Gasteiger partial charge in [0.1, 0.15) is 11.6 Å². The van der Waals surface area contributed by atoms with Crippen molar-refractivity contribution in [2.75, 3.05) is 0 Å². The van der Waals surface area contributed by atoms with Gasteiger partial charge in [0.2, 0.25) is 0 Å². The highest BCUT2D eigenvalue weighted by Crippen LogP contribution is 2.22. The van der Waals surface area contributed by atoms with Crippen LogP contribution < -0.4 is 5.32 Å². The van der Waals surface area contributed by atoms with E-state index in [0.29, 0.717) is 11.1 Å². The molecule has 1 N–H and O–H groups in total. The number of hydrogen-bond acceptors (Lipinski definition) is 4. The van der Waals surface area contributed by atoms with Gasteiger partial charge in [0, 0.05) is 29.1 Å². The Kier molecular flexibility index (Phi) is 3.96. The van der Waals surface area contributed by atoms with Gasteiger partial charge in [-0.25, -0.2) is 8.78 Å². The molecule has 0 atom stereocenters. The molecule has 1 amide bonds. The average Bonchev–Trinajstić information content (AvgIpc) is 2.65. The summed E-state index contributed by atoms with van der Waals surface area (Å²) in [5.41, 5.74) is 1.33. The predicted molar refractivity (Wildman–Crippen MR) is 92.4 cm³/mol. The molecule has 1 heterocycles. The van der Waals surface area contributed by atoms with Crippen LogP contribution in [-0.2, 0) is 6.54 Å². The normalized spacial score (nSPS) is 11.0. The molecule has 1 aromatic heterocycles. The minimum absolute atomic E-state index is 0.0299.